The first-order valence-corrected chi connectivity index (χ1v) is 7.99. The van der Waals surface area contributed by atoms with Crippen molar-refractivity contribution in [1.29, 1.82) is 5.26 Å². The Kier molecular flexibility index (Phi) is 7.61. The minimum atomic E-state index is 0.123. The Labute approximate surface area is 127 Å². The second-order valence-corrected chi connectivity index (χ2v) is 5.90. The van der Waals surface area contributed by atoms with Crippen molar-refractivity contribution in [3.8, 4) is 6.07 Å². The fourth-order valence-electron chi connectivity index (χ4n) is 1.61. The lowest BCUT2D eigenvalue weighted by Gasteiger charge is -2.19. The summed E-state index contributed by atoms with van der Waals surface area (Å²) in [6, 6.07) is 10.1. The van der Waals surface area contributed by atoms with Crippen molar-refractivity contribution < 1.29 is 4.79 Å². The molecule has 1 aromatic rings. The molecule has 1 rings (SSSR count). The van der Waals surface area contributed by atoms with E-state index in [2.05, 4.69) is 22.0 Å². The first-order valence-electron chi connectivity index (χ1n) is 6.21. The topological polar surface area (TPSA) is 44.1 Å². The van der Waals surface area contributed by atoms with Gasteiger partial charge in [0.25, 0.3) is 0 Å². The molecule has 0 spiro atoms. The van der Waals surface area contributed by atoms with Crippen molar-refractivity contribution in [3.63, 3.8) is 0 Å². The maximum Gasteiger partial charge on any atom is 0.223 e. The van der Waals surface area contributed by atoms with Crippen LogP contribution in [0, 0.1) is 11.3 Å². The third-order valence-electron chi connectivity index (χ3n) is 2.64. The van der Waals surface area contributed by atoms with Crippen LogP contribution in [0.3, 0.4) is 0 Å². The van der Waals surface area contributed by atoms with Crippen molar-refractivity contribution in [1.82, 2.24) is 4.90 Å². The van der Waals surface area contributed by atoms with Gasteiger partial charge < -0.3 is 4.90 Å². The number of thioether (sulfide) groups is 1. The lowest BCUT2D eigenvalue weighted by atomic mass is 10.3. The van der Waals surface area contributed by atoms with E-state index in [-0.39, 0.29) is 5.91 Å². The summed E-state index contributed by atoms with van der Waals surface area (Å²) in [6.07, 6.45) is 0.905. The third kappa shape index (κ3) is 5.66. The number of amides is 1. The lowest BCUT2D eigenvalue weighted by molar-refractivity contribution is -0.130. The van der Waals surface area contributed by atoms with Crippen molar-refractivity contribution >= 4 is 33.6 Å². The highest BCUT2D eigenvalue weighted by molar-refractivity contribution is 9.10. The quantitative estimate of drug-likeness (QED) is 0.711. The number of benzene rings is 1. The SMILES string of the molecule is CCN(CCC#N)C(=O)CCSc1ccccc1Br. The Bertz CT molecular complexity index is 459. The highest BCUT2D eigenvalue weighted by Gasteiger charge is 2.11. The summed E-state index contributed by atoms with van der Waals surface area (Å²) >= 11 is 5.16. The summed E-state index contributed by atoms with van der Waals surface area (Å²) in [6.45, 7) is 3.14. The molecule has 102 valence electrons. The van der Waals surface area contributed by atoms with Gasteiger partial charge in [-0.1, -0.05) is 12.1 Å². The molecule has 0 N–H and O–H groups in total. The zero-order valence-corrected chi connectivity index (χ0v) is 13.3. The molecule has 1 aromatic carbocycles. The Morgan fingerprint density at radius 3 is 2.84 bits per heavy atom. The third-order valence-corrected chi connectivity index (χ3v) is 4.67. The van der Waals surface area contributed by atoms with E-state index < -0.39 is 0 Å². The van der Waals surface area contributed by atoms with Crippen molar-refractivity contribution in [3.05, 3.63) is 28.7 Å². The number of carbonyl (C=O) groups is 1. The van der Waals surface area contributed by atoms with Gasteiger partial charge in [0.15, 0.2) is 0 Å². The van der Waals surface area contributed by atoms with Gasteiger partial charge in [-0.15, -0.1) is 11.8 Å². The Morgan fingerprint density at radius 1 is 1.47 bits per heavy atom. The maximum atomic E-state index is 11.9. The zero-order valence-electron chi connectivity index (χ0n) is 10.9. The van der Waals surface area contributed by atoms with Gasteiger partial charge in [0.05, 0.1) is 12.5 Å². The lowest BCUT2D eigenvalue weighted by Crippen LogP contribution is -2.31. The van der Waals surface area contributed by atoms with E-state index in [1.165, 1.54) is 0 Å². The fourth-order valence-corrected chi connectivity index (χ4v) is 3.12. The molecule has 5 heteroatoms. The van der Waals surface area contributed by atoms with Gasteiger partial charge in [-0.05, 0) is 35.0 Å². The summed E-state index contributed by atoms with van der Waals surface area (Å²) in [7, 11) is 0. The summed E-state index contributed by atoms with van der Waals surface area (Å²) in [5.41, 5.74) is 0. The van der Waals surface area contributed by atoms with Gasteiger partial charge in [-0.25, -0.2) is 0 Å². The van der Waals surface area contributed by atoms with Crippen LogP contribution in [-0.2, 0) is 4.79 Å². The Balaban J connectivity index is 2.38. The molecule has 0 bridgehead atoms. The summed E-state index contributed by atoms with van der Waals surface area (Å²) in [5, 5.41) is 8.55. The van der Waals surface area contributed by atoms with Crippen LogP contribution in [-0.4, -0.2) is 29.6 Å². The number of rotatable bonds is 7. The minimum absolute atomic E-state index is 0.123. The van der Waals surface area contributed by atoms with Crippen LogP contribution in [0.25, 0.3) is 0 Å². The molecule has 3 nitrogen and oxygen atoms in total. The molecule has 0 unspecified atom stereocenters. The normalized spacial score (nSPS) is 9.95. The number of carbonyl (C=O) groups excluding carboxylic acids is 1. The molecular weight excluding hydrogens is 324 g/mol. The standard InChI is InChI=1S/C14H17BrN2OS/c1-2-17(10-5-9-16)14(18)8-11-19-13-7-4-3-6-12(13)15/h3-4,6-7H,2,5,8,10-11H2,1H3. The summed E-state index contributed by atoms with van der Waals surface area (Å²) in [4.78, 5) is 14.8. The van der Waals surface area contributed by atoms with Gasteiger partial charge in [-0.3, -0.25) is 4.79 Å². The van der Waals surface area contributed by atoms with E-state index in [1.807, 2.05) is 31.2 Å². The molecule has 0 saturated carbocycles. The van der Waals surface area contributed by atoms with Crippen LogP contribution < -0.4 is 0 Å². The second-order valence-electron chi connectivity index (χ2n) is 3.91. The van der Waals surface area contributed by atoms with Gasteiger partial charge >= 0.3 is 0 Å². The smallest absolute Gasteiger partial charge is 0.223 e. The molecule has 0 saturated heterocycles. The summed E-state index contributed by atoms with van der Waals surface area (Å²) in [5.74, 6) is 0.877. The van der Waals surface area contributed by atoms with Crippen LogP contribution >= 0.6 is 27.7 Å². The monoisotopic (exact) mass is 340 g/mol. The largest absolute Gasteiger partial charge is 0.342 e. The Hall–Kier alpha value is -0.990. The molecular formula is C14H17BrN2OS. The van der Waals surface area contributed by atoms with E-state index in [9.17, 15) is 4.79 Å². The molecule has 0 aromatic heterocycles. The first-order chi connectivity index (χ1) is 9.19. The zero-order chi connectivity index (χ0) is 14.1. The van der Waals surface area contributed by atoms with Crippen molar-refractivity contribution in [2.45, 2.75) is 24.7 Å². The van der Waals surface area contributed by atoms with E-state index in [1.54, 1.807) is 16.7 Å². The molecule has 0 atom stereocenters. The number of hydrogen-bond acceptors (Lipinski definition) is 3. The first kappa shape index (κ1) is 16.1. The van der Waals surface area contributed by atoms with Crippen LogP contribution in [0.15, 0.2) is 33.6 Å². The highest BCUT2D eigenvalue weighted by atomic mass is 79.9. The van der Waals surface area contributed by atoms with Crippen molar-refractivity contribution in [2.75, 3.05) is 18.8 Å². The summed E-state index contributed by atoms with van der Waals surface area (Å²) < 4.78 is 1.06. The van der Waals surface area contributed by atoms with E-state index in [4.69, 9.17) is 5.26 Å². The molecule has 0 aliphatic rings. The molecule has 0 fully saturated rings. The molecule has 0 radical (unpaired) electrons. The fraction of sp³-hybridized carbons (Fsp3) is 0.429. The van der Waals surface area contributed by atoms with Gasteiger partial charge in [0.2, 0.25) is 5.91 Å². The van der Waals surface area contributed by atoms with Crippen molar-refractivity contribution in [2.24, 2.45) is 0 Å². The average Bonchev–Trinajstić information content (AvgIpc) is 2.42. The Morgan fingerprint density at radius 2 is 2.21 bits per heavy atom. The number of nitrogens with zero attached hydrogens (tertiary/aromatic N) is 2. The molecule has 19 heavy (non-hydrogen) atoms. The van der Waals surface area contributed by atoms with Gasteiger partial charge in [0, 0.05) is 34.6 Å². The number of hydrogen-bond donors (Lipinski definition) is 0. The molecule has 0 heterocycles. The molecule has 1 amide bonds. The predicted octanol–water partition coefficient (Wildman–Crippen LogP) is 3.69. The molecule has 0 aliphatic carbocycles. The van der Waals surface area contributed by atoms with E-state index >= 15 is 0 Å². The molecule has 0 aliphatic heterocycles. The van der Waals surface area contributed by atoms with Crippen LogP contribution in [0.2, 0.25) is 0 Å². The van der Waals surface area contributed by atoms with E-state index in [0.717, 1.165) is 15.1 Å². The average molecular weight is 341 g/mol. The van der Waals surface area contributed by atoms with Crippen LogP contribution in [0.1, 0.15) is 19.8 Å². The van der Waals surface area contributed by atoms with Gasteiger partial charge in [-0.2, -0.15) is 5.26 Å². The number of halogens is 1. The minimum Gasteiger partial charge on any atom is -0.342 e. The van der Waals surface area contributed by atoms with Gasteiger partial charge in [0.1, 0.15) is 0 Å². The number of nitriles is 1. The second kappa shape index (κ2) is 9.00. The van der Waals surface area contributed by atoms with Crippen LogP contribution in [0.4, 0.5) is 0 Å². The van der Waals surface area contributed by atoms with E-state index in [0.29, 0.717) is 25.9 Å². The maximum absolute atomic E-state index is 11.9. The van der Waals surface area contributed by atoms with Crippen LogP contribution in [0.5, 0.6) is 0 Å². The predicted molar refractivity (Wildman–Crippen MR) is 82.0 cm³/mol. The highest BCUT2D eigenvalue weighted by Crippen LogP contribution is 2.27.